The molecule has 1 amide bonds. The first-order valence-electron chi connectivity index (χ1n) is 12.2. The number of thiophene rings is 1. The molecule has 0 aliphatic rings. The van der Waals surface area contributed by atoms with Crippen LogP contribution in [0, 0.1) is 0 Å². The largest absolute Gasteiger partial charge is 0.446 e. The molecule has 33 heavy (non-hydrogen) atoms. The molecule has 0 aliphatic carbocycles. The Kier molecular flexibility index (Phi) is 16.3. The molecule has 0 saturated carbocycles. The lowest BCUT2D eigenvalue weighted by Gasteiger charge is -2.20. The molecule has 0 N–H and O–H groups in total. The Bertz CT molecular complexity index is 678. The molecule has 0 saturated heterocycles. The van der Waals surface area contributed by atoms with Gasteiger partial charge in [0.05, 0.1) is 4.88 Å². The van der Waals surface area contributed by atoms with Crippen molar-refractivity contribution in [2.45, 2.75) is 90.5 Å². The number of carbonyl (C=O) groups excluding carboxylic acids is 3. The summed E-state index contributed by atoms with van der Waals surface area (Å²) >= 11 is 1.38. The fourth-order valence-electron chi connectivity index (χ4n) is 3.48. The quantitative estimate of drug-likeness (QED) is 0.104. The minimum absolute atomic E-state index is 0.232. The Morgan fingerprint density at radius 3 is 2.09 bits per heavy atom. The van der Waals surface area contributed by atoms with Gasteiger partial charge in [-0.15, -0.1) is 11.3 Å². The lowest BCUT2D eigenvalue weighted by atomic mass is 10.1. The zero-order chi connectivity index (χ0) is 24.3. The van der Waals surface area contributed by atoms with Gasteiger partial charge in [-0.25, -0.2) is 0 Å². The average Bonchev–Trinajstić information content (AvgIpc) is 3.25. The molecule has 0 aromatic carbocycles. The molecule has 0 bridgehead atoms. The zero-order valence-corrected chi connectivity index (χ0v) is 21.5. The van der Waals surface area contributed by atoms with Crippen molar-refractivity contribution in [3.8, 4) is 0 Å². The van der Waals surface area contributed by atoms with E-state index in [1.54, 1.807) is 6.07 Å². The summed E-state index contributed by atoms with van der Waals surface area (Å²) in [5.74, 6) is -0.663. The van der Waals surface area contributed by atoms with Gasteiger partial charge in [0.15, 0.2) is 13.5 Å². The lowest BCUT2D eigenvalue weighted by molar-refractivity contribution is -0.150. The summed E-state index contributed by atoms with van der Waals surface area (Å²) in [6.07, 6.45) is 13.7. The highest BCUT2D eigenvalue weighted by atomic mass is 32.1. The Hall–Kier alpha value is -1.93. The van der Waals surface area contributed by atoms with Gasteiger partial charge in [-0.1, -0.05) is 71.1 Å². The van der Waals surface area contributed by atoms with Crippen molar-refractivity contribution in [2.75, 3.05) is 27.6 Å². The second-order valence-corrected chi connectivity index (χ2v) is 9.84. The summed E-state index contributed by atoms with van der Waals surface area (Å²) in [5.41, 5.74) is 0. The second kappa shape index (κ2) is 18.5. The first-order valence-corrected chi connectivity index (χ1v) is 13.0. The van der Waals surface area contributed by atoms with Gasteiger partial charge in [0.25, 0.3) is 12.4 Å². The van der Waals surface area contributed by atoms with Crippen molar-refractivity contribution in [1.29, 1.82) is 0 Å². The van der Waals surface area contributed by atoms with E-state index in [-0.39, 0.29) is 31.8 Å². The molecule has 8 heteroatoms. The molecule has 0 atom stereocenters. The summed E-state index contributed by atoms with van der Waals surface area (Å²) in [6, 6.07) is 3.64. The molecule has 1 rings (SSSR count). The molecule has 0 unspecified atom stereocenters. The summed E-state index contributed by atoms with van der Waals surface area (Å²) in [4.78, 5) is 40.2. The Morgan fingerprint density at radius 1 is 0.909 bits per heavy atom. The molecule has 1 aromatic heterocycles. The Morgan fingerprint density at radius 2 is 1.52 bits per heavy atom. The van der Waals surface area contributed by atoms with E-state index in [0.717, 1.165) is 30.7 Å². The number of rotatable bonds is 20. The van der Waals surface area contributed by atoms with E-state index in [0.29, 0.717) is 11.3 Å². The van der Waals surface area contributed by atoms with Crippen LogP contribution in [-0.4, -0.2) is 55.7 Å². The first kappa shape index (κ1) is 29.1. The minimum Gasteiger partial charge on any atom is -0.446 e. The summed E-state index contributed by atoms with van der Waals surface area (Å²) < 4.78 is 10.0. The van der Waals surface area contributed by atoms with Gasteiger partial charge in [0, 0.05) is 17.8 Å². The molecule has 0 spiro atoms. The normalized spacial score (nSPS) is 10.9. The molecule has 0 aliphatic heterocycles. The smallest absolute Gasteiger partial charge is 0.307 e. The first-order chi connectivity index (χ1) is 16.0. The predicted molar refractivity (Wildman–Crippen MR) is 132 cm³/mol. The van der Waals surface area contributed by atoms with Gasteiger partial charge in [-0.05, 0) is 32.6 Å². The lowest BCUT2D eigenvalue weighted by Crippen LogP contribution is -2.35. The fraction of sp³-hybridized carbons (Fsp3) is 0.720. The van der Waals surface area contributed by atoms with Crippen LogP contribution >= 0.6 is 11.3 Å². The van der Waals surface area contributed by atoms with Crippen LogP contribution in [0.2, 0.25) is 0 Å². The summed E-state index contributed by atoms with van der Waals surface area (Å²) in [6.45, 7) is 2.76. The maximum atomic E-state index is 12.8. The van der Waals surface area contributed by atoms with Crippen LogP contribution in [0.1, 0.15) is 98.5 Å². The molecule has 1 aromatic rings. The highest BCUT2D eigenvalue weighted by Gasteiger charge is 2.20. The van der Waals surface area contributed by atoms with Crippen LogP contribution in [0.15, 0.2) is 12.1 Å². The van der Waals surface area contributed by atoms with Crippen LogP contribution in [0.25, 0.3) is 0 Å². The standard InChI is InChI=1S/C25H42N2O5S/c1-4-5-6-7-8-9-10-11-12-13-14-15-24(29)32-20-27(19-31-21-28)25(30)23-17-16-22(33-23)18-26(2)3/h16-17,21H,4-15,18-20H2,1-3H3. The highest BCUT2D eigenvalue weighted by Crippen LogP contribution is 2.20. The molecule has 188 valence electrons. The minimum atomic E-state index is -0.339. The van der Waals surface area contributed by atoms with Crippen LogP contribution in [0.4, 0.5) is 0 Å². The third-order valence-corrected chi connectivity index (χ3v) is 6.35. The second-order valence-electron chi connectivity index (χ2n) is 8.67. The van der Waals surface area contributed by atoms with E-state index in [2.05, 4.69) is 6.92 Å². The summed E-state index contributed by atoms with van der Waals surface area (Å²) in [5, 5.41) is 0. The molecule has 1 heterocycles. The van der Waals surface area contributed by atoms with E-state index in [9.17, 15) is 14.4 Å². The number of nitrogens with zero attached hydrogens (tertiary/aromatic N) is 2. The van der Waals surface area contributed by atoms with E-state index < -0.39 is 0 Å². The number of ether oxygens (including phenoxy) is 2. The SMILES string of the molecule is CCCCCCCCCCCCCC(=O)OCN(COC=O)C(=O)c1ccc(CN(C)C)s1. The van der Waals surface area contributed by atoms with Gasteiger partial charge in [0.2, 0.25) is 0 Å². The third kappa shape index (κ3) is 14.0. The Labute approximate surface area is 203 Å². The van der Waals surface area contributed by atoms with Crippen molar-refractivity contribution in [3.05, 3.63) is 21.9 Å². The van der Waals surface area contributed by atoms with Crippen molar-refractivity contribution in [2.24, 2.45) is 0 Å². The number of hydrogen-bond donors (Lipinski definition) is 0. The van der Waals surface area contributed by atoms with Crippen molar-refractivity contribution >= 4 is 29.7 Å². The molecule has 7 nitrogen and oxygen atoms in total. The van der Waals surface area contributed by atoms with Crippen LogP contribution in [0.3, 0.4) is 0 Å². The maximum absolute atomic E-state index is 12.8. The monoisotopic (exact) mass is 482 g/mol. The number of unbranched alkanes of at least 4 members (excludes halogenated alkanes) is 10. The van der Waals surface area contributed by atoms with Crippen molar-refractivity contribution in [1.82, 2.24) is 9.80 Å². The van der Waals surface area contributed by atoms with E-state index in [1.807, 2.05) is 25.1 Å². The van der Waals surface area contributed by atoms with Gasteiger partial charge >= 0.3 is 5.97 Å². The van der Waals surface area contributed by atoms with Crippen LogP contribution in [0.5, 0.6) is 0 Å². The van der Waals surface area contributed by atoms with E-state index in [1.165, 1.54) is 67.6 Å². The fourth-order valence-corrected chi connectivity index (χ4v) is 4.57. The average molecular weight is 483 g/mol. The van der Waals surface area contributed by atoms with Crippen LogP contribution < -0.4 is 0 Å². The van der Waals surface area contributed by atoms with Crippen molar-refractivity contribution in [3.63, 3.8) is 0 Å². The number of amides is 1. The number of hydrogen-bond acceptors (Lipinski definition) is 7. The van der Waals surface area contributed by atoms with Gasteiger partial charge in [-0.3, -0.25) is 19.3 Å². The summed E-state index contributed by atoms with van der Waals surface area (Å²) in [7, 11) is 3.92. The van der Waals surface area contributed by atoms with Crippen LogP contribution in [-0.2, 0) is 25.6 Å². The van der Waals surface area contributed by atoms with Crippen molar-refractivity contribution < 1.29 is 23.9 Å². The number of carbonyl (C=O) groups is 3. The molecule has 0 fully saturated rings. The molecular formula is C25H42N2O5S. The topological polar surface area (TPSA) is 76.1 Å². The molecular weight excluding hydrogens is 440 g/mol. The maximum Gasteiger partial charge on any atom is 0.307 e. The number of esters is 1. The van der Waals surface area contributed by atoms with Gasteiger partial charge in [0.1, 0.15) is 0 Å². The molecule has 0 radical (unpaired) electrons. The van der Waals surface area contributed by atoms with Gasteiger partial charge < -0.3 is 14.4 Å². The third-order valence-electron chi connectivity index (χ3n) is 5.30. The van der Waals surface area contributed by atoms with E-state index >= 15 is 0 Å². The highest BCUT2D eigenvalue weighted by molar-refractivity contribution is 7.14. The van der Waals surface area contributed by atoms with E-state index in [4.69, 9.17) is 9.47 Å². The zero-order valence-electron chi connectivity index (χ0n) is 20.7. The predicted octanol–water partition coefficient (Wildman–Crippen LogP) is 5.58. The van der Waals surface area contributed by atoms with Gasteiger partial charge in [-0.2, -0.15) is 0 Å². The Balaban J connectivity index is 2.26.